The number of methoxy groups -OCH3 is 1. The highest BCUT2D eigenvalue weighted by Gasteiger charge is 2.17. The van der Waals surface area contributed by atoms with Gasteiger partial charge in [-0.15, -0.1) is 0 Å². The van der Waals surface area contributed by atoms with E-state index in [1.54, 1.807) is 25.3 Å². The highest BCUT2D eigenvalue weighted by Crippen LogP contribution is 2.19. The van der Waals surface area contributed by atoms with Gasteiger partial charge in [0.25, 0.3) is 0 Å². The van der Waals surface area contributed by atoms with Gasteiger partial charge in [-0.25, -0.2) is 4.98 Å². The molecule has 0 N–H and O–H groups in total. The van der Waals surface area contributed by atoms with Gasteiger partial charge in [0.05, 0.1) is 18.1 Å². The first-order valence-corrected chi connectivity index (χ1v) is 6.31. The fraction of sp³-hybridized carbons (Fsp3) is 0.125. The van der Waals surface area contributed by atoms with Gasteiger partial charge in [0.1, 0.15) is 5.75 Å². The zero-order valence-electron chi connectivity index (χ0n) is 11.3. The molecule has 0 saturated heterocycles. The maximum atomic E-state index is 12.6. The van der Waals surface area contributed by atoms with Crippen LogP contribution in [0.15, 0.2) is 48.5 Å². The quantitative estimate of drug-likeness (QED) is 0.685. The van der Waals surface area contributed by atoms with Crippen LogP contribution in [0.25, 0.3) is 11.0 Å². The van der Waals surface area contributed by atoms with Crippen molar-refractivity contribution in [3.63, 3.8) is 0 Å². The number of aromatic nitrogens is 2. The third-order valence-corrected chi connectivity index (χ3v) is 3.32. The normalized spacial score (nSPS) is 10.7. The number of ketones is 1. The molecule has 0 atom stereocenters. The first kappa shape index (κ1) is 12.4. The van der Waals surface area contributed by atoms with Crippen LogP contribution in [0.3, 0.4) is 0 Å². The second kappa shape index (κ2) is 4.81. The molecule has 100 valence electrons. The molecule has 1 heterocycles. The third-order valence-electron chi connectivity index (χ3n) is 3.32. The van der Waals surface area contributed by atoms with Crippen LogP contribution >= 0.6 is 0 Å². The predicted octanol–water partition coefficient (Wildman–Crippen LogP) is 2.81. The molecule has 0 aliphatic carbocycles. The minimum atomic E-state index is -0.109. The average molecular weight is 266 g/mol. The predicted molar refractivity (Wildman–Crippen MR) is 77.1 cm³/mol. The van der Waals surface area contributed by atoms with Crippen LogP contribution in [0.5, 0.6) is 5.75 Å². The minimum absolute atomic E-state index is 0.109. The summed E-state index contributed by atoms with van der Waals surface area (Å²) in [6.07, 6.45) is 0. The van der Waals surface area contributed by atoms with Crippen LogP contribution in [-0.4, -0.2) is 22.4 Å². The number of para-hydroxylation sites is 2. The number of benzene rings is 2. The standard InChI is InChI=1S/C16H14N2O2/c1-18-14-9-4-3-8-13(14)17-16(18)15(19)11-6-5-7-12(10-11)20-2/h3-10H,1-2H3. The smallest absolute Gasteiger partial charge is 0.228 e. The van der Waals surface area contributed by atoms with Gasteiger partial charge >= 0.3 is 0 Å². The molecule has 4 heteroatoms. The summed E-state index contributed by atoms with van der Waals surface area (Å²) < 4.78 is 6.97. The molecule has 0 spiro atoms. The molecule has 0 aliphatic heterocycles. The highest BCUT2D eigenvalue weighted by molar-refractivity contribution is 6.08. The number of hydrogen-bond acceptors (Lipinski definition) is 3. The summed E-state index contributed by atoms with van der Waals surface area (Å²) in [5.41, 5.74) is 2.34. The summed E-state index contributed by atoms with van der Waals surface area (Å²) in [6, 6.07) is 14.8. The van der Waals surface area contributed by atoms with Crippen LogP contribution < -0.4 is 4.74 Å². The number of carbonyl (C=O) groups is 1. The Morgan fingerprint density at radius 3 is 2.70 bits per heavy atom. The maximum Gasteiger partial charge on any atom is 0.228 e. The Morgan fingerprint density at radius 1 is 1.15 bits per heavy atom. The summed E-state index contributed by atoms with van der Waals surface area (Å²) in [4.78, 5) is 17.0. The molecule has 4 nitrogen and oxygen atoms in total. The van der Waals surface area contributed by atoms with Crippen molar-refractivity contribution in [1.29, 1.82) is 0 Å². The molecular formula is C16H14N2O2. The van der Waals surface area contributed by atoms with Gasteiger partial charge in [0.15, 0.2) is 5.82 Å². The van der Waals surface area contributed by atoms with Crippen molar-refractivity contribution in [3.8, 4) is 5.75 Å². The van der Waals surface area contributed by atoms with E-state index in [-0.39, 0.29) is 5.78 Å². The summed E-state index contributed by atoms with van der Waals surface area (Å²) >= 11 is 0. The van der Waals surface area contributed by atoms with E-state index in [2.05, 4.69) is 4.98 Å². The number of imidazole rings is 1. The number of carbonyl (C=O) groups excluding carboxylic acids is 1. The Labute approximate surface area is 116 Å². The zero-order valence-corrected chi connectivity index (χ0v) is 11.3. The molecule has 0 aliphatic rings. The third kappa shape index (κ3) is 1.95. The monoisotopic (exact) mass is 266 g/mol. The Morgan fingerprint density at radius 2 is 1.95 bits per heavy atom. The lowest BCUT2D eigenvalue weighted by atomic mass is 10.1. The van der Waals surface area contributed by atoms with E-state index in [1.165, 1.54) is 0 Å². The SMILES string of the molecule is COc1cccc(C(=O)c2nc3ccccc3n2C)c1. The molecule has 0 fully saturated rings. The molecule has 0 saturated carbocycles. The fourth-order valence-electron chi connectivity index (χ4n) is 2.24. The number of rotatable bonds is 3. The van der Waals surface area contributed by atoms with Gasteiger partial charge < -0.3 is 9.30 Å². The van der Waals surface area contributed by atoms with Crippen molar-refractivity contribution >= 4 is 16.8 Å². The number of hydrogen-bond donors (Lipinski definition) is 0. The molecule has 2 aromatic carbocycles. The van der Waals surface area contributed by atoms with Gasteiger partial charge in [-0.05, 0) is 24.3 Å². The fourth-order valence-corrected chi connectivity index (χ4v) is 2.24. The minimum Gasteiger partial charge on any atom is -0.497 e. The summed E-state index contributed by atoms with van der Waals surface area (Å²) in [5, 5.41) is 0. The van der Waals surface area contributed by atoms with E-state index < -0.39 is 0 Å². The molecule has 3 aromatic rings. The Balaban J connectivity index is 2.10. The van der Waals surface area contributed by atoms with E-state index >= 15 is 0 Å². The van der Waals surface area contributed by atoms with Crippen LogP contribution in [0.1, 0.15) is 16.2 Å². The molecule has 0 amide bonds. The molecule has 1 aromatic heterocycles. The van der Waals surface area contributed by atoms with Gasteiger partial charge in [0, 0.05) is 12.6 Å². The number of ether oxygens (including phenoxy) is 1. The van der Waals surface area contributed by atoms with Gasteiger partial charge in [-0.3, -0.25) is 4.79 Å². The second-order valence-corrected chi connectivity index (χ2v) is 4.54. The van der Waals surface area contributed by atoms with Crippen molar-refractivity contribution in [2.45, 2.75) is 0 Å². The van der Waals surface area contributed by atoms with Gasteiger partial charge in [-0.2, -0.15) is 0 Å². The van der Waals surface area contributed by atoms with Crippen LogP contribution in [0.4, 0.5) is 0 Å². The van der Waals surface area contributed by atoms with Crippen molar-refractivity contribution in [1.82, 2.24) is 9.55 Å². The number of nitrogens with zero attached hydrogens (tertiary/aromatic N) is 2. The molecule has 0 bridgehead atoms. The lowest BCUT2D eigenvalue weighted by molar-refractivity contribution is 0.102. The van der Waals surface area contributed by atoms with Crippen LogP contribution in [0, 0.1) is 0 Å². The van der Waals surface area contributed by atoms with Crippen LogP contribution in [0.2, 0.25) is 0 Å². The average Bonchev–Trinajstić information content (AvgIpc) is 2.84. The molecule has 0 unspecified atom stereocenters. The van der Waals surface area contributed by atoms with Gasteiger partial charge in [-0.1, -0.05) is 24.3 Å². The number of fused-ring (bicyclic) bond motifs is 1. The summed E-state index contributed by atoms with van der Waals surface area (Å²) in [7, 11) is 3.43. The van der Waals surface area contributed by atoms with E-state index in [4.69, 9.17) is 4.74 Å². The maximum absolute atomic E-state index is 12.6. The topological polar surface area (TPSA) is 44.1 Å². The van der Waals surface area contributed by atoms with Crippen molar-refractivity contribution < 1.29 is 9.53 Å². The Hall–Kier alpha value is -2.62. The molecule has 3 rings (SSSR count). The van der Waals surface area contributed by atoms with E-state index in [1.807, 2.05) is 41.9 Å². The lowest BCUT2D eigenvalue weighted by Gasteiger charge is -2.04. The first-order valence-electron chi connectivity index (χ1n) is 6.31. The second-order valence-electron chi connectivity index (χ2n) is 4.54. The summed E-state index contributed by atoms with van der Waals surface area (Å²) in [5.74, 6) is 0.983. The van der Waals surface area contributed by atoms with Crippen LogP contribution in [-0.2, 0) is 7.05 Å². The molecule has 0 radical (unpaired) electrons. The largest absolute Gasteiger partial charge is 0.497 e. The number of aryl methyl sites for hydroxylation is 1. The van der Waals surface area contributed by atoms with Crippen molar-refractivity contribution in [2.75, 3.05) is 7.11 Å². The lowest BCUT2D eigenvalue weighted by Crippen LogP contribution is -2.09. The van der Waals surface area contributed by atoms with E-state index in [9.17, 15) is 4.79 Å². The van der Waals surface area contributed by atoms with E-state index in [0.717, 1.165) is 11.0 Å². The first-order chi connectivity index (χ1) is 9.70. The van der Waals surface area contributed by atoms with Crippen molar-refractivity contribution in [3.05, 3.63) is 59.9 Å². The molecular weight excluding hydrogens is 252 g/mol. The van der Waals surface area contributed by atoms with Gasteiger partial charge in [0.2, 0.25) is 5.78 Å². The molecule has 20 heavy (non-hydrogen) atoms. The highest BCUT2D eigenvalue weighted by atomic mass is 16.5. The Bertz CT molecular complexity index is 790. The van der Waals surface area contributed by atoms with E-state index in [0.29, 0.717) is 17.1 Å². The Kier molecular flexibility index (Phi) is 2.99. The van der Waals surface area contributed by atoms with Crippen molar-refractivity contribution in [2.24, 2.45) is 7.05 Å². The summed E-state index contributed by atoms with van der Waals surface area (Å²) in [6.45, 7) is 0. The zero-order chi connectivity index (χ0) is 14.1.